The van der Waals surface area contributed by atoms with Gasteiger partial charge in [0.2, 0.25) is 0 Å². The fourth-order valence-electron chi connectivity index (χ4n) is 3.80. The minimum absolute atomic E-state index is 0.179. The Morgan fingerprint density at radius 2 is 1.84 bits per heavy atom. The third-order valence-electron chi connectivity index (χ3n) is 4.96. The van der Waals surface area contributed by atoms with Crippen LogP contribution >= 0.6 is 0 Å². The molecule has 2 aliphatic rings. The molecule has 0 bridgehead atoms. The summed E-state index contributed by atoms with van der Waals surface area (Å²) in [6.07, 6.45) is 3.60. The molecule has 2 fully saturated rings. The van der Waals surface area contributed by atoms with Gasteiger partial charge in [-0.2, -0.15) is 0 Å². The molecule has 1 aliphatic carbocycles. The van der Waals surface area contributed by atoms with Gasteiger partial charge in [0, 0.05) is 18.3 Å². The number of carbonyl (C=O) groups is 1. The maximum Gasteiger partial charge on any atom is 0.132 e. The highest BCUT2D eigenvalue weighted by molar-refractivity contribution is 5.79. The summed E-state index contributed by atoms with van der Waals surface area (Å²) < 4.78 is 5.57. The first-order valence-electron chi connectivity index (χ1n) is 7.29. The van der Waals surface area contributed by atoms with Gasteiger partial charge >= 0.3 is 0 Å². The molecule has 2 heteroatoms. The number of Topliss-reactive ketones (excluding diaryl/α,β-unsaturated/α-hetero) is 1. The lowest BCUT2D eigenvalue weighted by Crippen LogP contribution is -2.53. The van der Waals surface area contributed by atoms with E-state index < -0.39 is 0 Å². The van der Waals surface area contributed by atoms with Gasteiger partial charge in [0.15, 0.2) is 0 Å². The van der Waals surface area contributed by atoms with Crippen LogP contribution in [0.15, 0.2) is 18.2 Å². The molecule has 1 saturated heterocycles. The smallest absolute Gasteiger partial charge is 0.132 e. The largest absolute Gasteiger partial charge is 0.379 e. The Hall–Kier alpha value is -1.15. The number of hydrogen-bond acceptors (Lipinski definition) is 2. The van der Waals surface area contributed by atoms with E-state index in [0.29, 0.717) is 11.7 Å². The summed E-state index contributed by atoms with van der Waals surface area (Å²) in [5.74, 6) is 1.05. The van der Waals surface area contributed by atoms with Crippen LogP contribution < -0.4 is 0 Å². The molecule has 0 unspecified atom stereocenters. The topological polar surface area (TPSA) is 26.3 Å². The Labute approximate surface area is 115 Å². The highest BCUT2D eigenvalue weighted by Crippen LogP contribution is 2.46. The summed E-state index contributed by atoms with van der Waals surface area (Å²) in [5.41, 5.74) is 4.32. The van der Waals surface area contributed by atoms with E-state index in [1.165, 1.54) is 16.7 Å². The summed E-state index contributed by atoms with van der Waals surface area (Å²) in [6.45, 7) is 6.00. The van der Waals surface area contributed by atoms with Crippen molar-refractivity contribution >= 4 is 5.78 Å². The van der Waals surface area contributed by atoms with Crippen LogP contribution in [-0.2, 0) is 14.9 Å². The highest BCUT2D eigenvalue weighted by atomic mass is 16.5. The quantitative estimate of drug-likeness (QED) is 0.813. The van der Waals surface area contributed by atoms with Crippen molar-refractivity contribution in [3.8, 4) is 0 Å². The van der Waals surface area contributed by atoms with Gasteiger partial charge in [-0.15, -0.1) is 0 Å². The molecule has 0 amide bonds. The zero-order chi connectivity index (χ0) is 13.5. The number of ketones is 1. The molecule has 0 radical (unpaired) electrons. The Morgan fingerprint density at radius 1 is 1.16 bits per heavy atom. The number of aryl methyl sites for hydroxylation is 2. The van der Waals surface area contributed by atoms with E-state index in [1.807, 2.05) is 0 Å². The minimum atomic E-state index is 0.179. The van der Waals surface area contributed by atoms with Crippen LogP contribution in [0.5, 0.6) is 0 Å². The molecule has 0 atom stereocenters. The molecule has 1 aromatic rings. The molecule has 1 aromatic carbocycles. The first-order chi connectivity index (χ1) is 9.12. The molecule has 102 valence electrons. The summed E-state index contributed by atoms with van der Waals surface area (Å²) in [4.78, 5) is 11.5. The van der Waals surface area contributed by atoms with Gasteiger partial charge in [0.1, 0.15) is 5.78 Å². The highest BCUT2D eigenvalue weighted by Gasteiger charge is 2.48. The van der Waals surface area contributed by atoms with Gasteiger partial charge < -0.3 is 4.74 Å². The van der Waals surface area contributed by atoms with Crippen molar-refractivity contribution in [3.05, 3.63) is 34.9 Å². The Kier molecular flexibility index (Phi) is 3.22. The zero-order valence-corrected chi connectivity index (χ0v) is 11.9. The van der Waals surface area contributed by atoms with E-state index >= 15 is 0 Å². The maximum absolute atomic E-state index is 11.5. The SMILES string of the molecule is Cc1ccc(C2(C3CCC(=O)CC3)COC2)c(C)c1. The Bertz CT molecular complexity index is 490. The van der Waals surface area contributed by atoms with E-state index in [1.54, 1.807) is 0 Å². The summed E-state index contributed by atoms with van der Waals surface area (Å²) in [5, 5.41) is 0. The number of hydrogen-bond donors (Lipinski definition) is 0. The predicted octanol–water partition coefficient (Wildman–Crippen LogP) is 3.33. The van der Waals surface area contributed by atoms with Crippen LogP contribution in [0.2, 0.25) is 0 Å². The monoisotopic (exact) mass is 258 g/mol. The number of rotatable bonds is 2. The normalized spacial score (nSPS) is 23.2. The molecule has 3 rings (SSSR count). The summed E-state index contributed by atoms with van der Waals surface area (Å²) in [6, 6.07) is 6.75. The second-order valence-electron chi connectivity index (χ2n) is 6.28. The first-order valence-corrected chi connectivity index (χ1v) is 7.29. The lowest BCUT2D eigenvalue weighted by molar-refractivity contribution is -0.127. The third kappa shape index (κ3) is 2.12. The van der Waals surface area contributed by atoms with Gasteiger partial charge in [-0.3, -0.25) is 4.79 Å². The molecule has 0 N–H and O–H groups in total. The Balaban J connectivity index is 1.92. The van der Waals surface area contributed by atoms with E-state index in [2.05, 4.69) is 32.0 Å². The van der Waals surface area contributed by atoms with Crippen LogP contribution in [0, 0.1) is 19.8 Å². The van der Waals surface area contributed by atoms with Crippen molar-refractivity contribution in [3.63, 3.8) is 0 Å². The fraction of sp³-hybridized carbons (Fsp3) is 0.588. The van der Waals surface area contributed by atoms with Gasteiger partial charge in [-0.1, -0.05) is 23.8 Å². The van der Waals surface area contributed by atoms with Crippen LogP contribution in [0.3, 0.4) is 0 Å². The van der Waals surface area contributed by atoms with E-state index in [4.69, 9.17) is 4.74 Å². The number of carbonyl (C=O) groups excluding carboxylic acids is 1. The van der Waals surface area contributed by atoms with Crippen molar-refractivity contribution in [1.29, 1.82) is 0 Å². The van der Waals surface area contributed by atoms with E-state index in [-0.39, 0.29) is 5.41 Å². The van der Waals surface area contributed by atoms with Crippen LogP contribution in [0.1, 0.15) is 42.4 Å². The fourth-order valence-corrected chi connectivity index (χ4v) is 3.80. The molecule has 1 saturated carbocycles. The molecule has 2 nitrogen and oxygen atoms in total. The minimum Gasteiger partial charge on any atom is -0.379 e. The number of benzene rings is 1. The zero-order valence-electron chi connectivity index (χ0n) is 11.9. The van der Waals surface area contributed by atoms with Crippen LogP contribution in [0.4, 0.5) is 0 Å². The van der Waals surface area contributed by atoms with Crippen molar-refractivity contribution in [1.82, 2.24) is 0 Å². The van der Waals surface area contributed by atoms with Crippen molar-refractivity contribution in [2.45, 2.75) is 44.9 Å². The van der Waals surface area contributed by atoms with Crippen molar-refractivity contribution in [2.75, 3.05) is 13.2 Å². The second kappa shape index (κ2) is 4.75. The molecule has 1 aliphatic heterocycles. The van der Waals surface area contributed by atoms with Gasteiger partial charge in [0.05, 0.1) is 13.2 Å². The number of ether oxygens (including phenoxy) is 1. The van der Waals surface area contributed by atoms with E-state index in [9.17, 15) is 4.79 Å². The molecule has 0 spiro atoms. The Morgan fingerprint density at radius 3 is 2.37 bits per heavy atom. The molecular formula is C17H22O2. The van der Waals surface area contributed by atoms with Gasteiger partial charge in [-0.25, -0.2) is 0 Å². The van der Waals surface area contributed by atoms with Gasteiger partial charge in [-0.05, 0) is 43.7 Å². The second-order valence-corrected chi connectivity index (χ2v) is 6.28. The van der Waals surface area contributed by atoms with Crippen molar-refractivity contribution in [2.24, 2.45) is 5.92 Å². The molecule has 19 heavy (non-hydrogen) atoms. The lowest BCUT2D eigenvalue weighted by Gasteiger charge is -2.49. The standard InChI is InChI=1S/C17H22O2/c1-12-3-8-16(13(2)9-12)17(10-19-11-17)14-4-6-15(18)7-5-14/h3,8-9,14H,4-7,10-11H2,1-2H3. The first kappa shape index (κ1) is 12.9. The predicted molar refractivity (Wildman–Crippen MR) is 75.4 cm³/mol. The van der Waals surface area contributed by atoms with Crippen molar-refractivity contribution < 1.29 is 9.53 Å². The average Bonchev–Trinajstić information content (AvgIpc) is 2.32. The summed E-state index contributed by atoms with van der Waals surface area (Å²) in [7, 11) is 0. The molecular weight excluding hydrogens is 236 g/mol. The molecule has 1 heterocycles. The van der Waals surface area contributed by atoms with Crippen LogP contribution in [-0.4, -0.2) is 19.0 Å². The lowest BCUT2D eigenvalue weighted by atomic mass is 9.62. The summed E-state index contributed by atoms with van der Waals surface area (Å²) >= 11 is 0. The average molecular weight is 258 g/mol. The molecule has 0 aromatic heterocycles. The third-order valence-corrected chi connectivity index (χ3v) is 4.96. The van der Waals surface area contributed by atoms with Crippen LogP contribution in [0.25, 0.3) is 0 Å². The maximum atomic E-state index is 11.5. The van der Waals surface area contributed by atoms with E-state index in [0.717, 1.165) is 38.9 Å². The van der Waals surface area contributed by atoms with Gasteiger partial charge in [0.25, 0.3) is 0 Å².